The number of amides is 4. The number of nitrogens with one attached hydrogen (secondary N) is 2. The highest BCUT2D eigenvalue weighted by Gasteiger charge is 2.52. The highest BCUT2D eigenvalue weighted by atomic mass is 16.7. The van der Waals surface area contributed by atoms with Gasteiger partial charge in [0, 0.05) is 77.0 Å². The molecule has 0 aromatic heterocycles. The van der Waals surface area contributed by atoms with Gasteiger partial charge in [-0.05, 0) is 45.4 Å². The first kappa shape index (κ1) is 72.5. The van der Waals surface area contributed by atoms with Gasteiger partial charge < -0.3 is 115 Å². The second kappa shape index (κ2) is 35.8. The molecule has 1 aliphatic carbocycles. The predicted octanol–water partition coefficient (Wildman–Crippen LogP) is -7.90. The van der Waals surface area contributed by atoms with E-state index in [0.29, 0.717) is 11.5 Å². The van der Waals surface area contributed by atoms with E-state index in [1.54, 1.807) is 0 Å². The number of carbonyl (C=O) groups excluding carboxylic acids is 8. The molecule has 5 aliphatic rings. The molecule has 33 nitrogen and oxygen atoms in total. The van der Waals surface area contributed by atoms with Crippen molar-refractivity contribution >= 4 is 46.9 Å². The largest absolute Gasteiger partial charge is 0.396 e. The lowest BCUT2D eigenvalue weighted by atomic mass is 9.81. The van der Waals surface area contributed by atoms with Crippen LogP contribution in [0.2, 0.25) is 0 Å². The van der Waals surface area contributed by atoms with E-state index < -0.39 is 172 Å². The average Bonchev–Trinajstić information content (AvgIpc) is 1.67. The summed E-state index contributed by atoms with van der Waals surface area (Å²) in [6, 6.07) is 0. The van der Waals surface area contributed by atoms with Crippen LogP contribution in [0.25, 0.3) is 0 Å². The summed E-state index contributed by atoms with van der Waals surface area (Å²) < 4.78 is 39.2. The van der Waals surface area contributed by atoms with Crippen molar-refractivity contribution in [1.82, 2.24) is 20.6 Å². The number of ether oxygens (including phenoxy) is 7. The van der Waals surface area contributed by atoms with Crippen molar-refractivity contribution in [2.24, 2.45) is 5.92 Å². The number of rotatable bonds is 36. The Kier molecular flexibility index (Phi) is 30.2. The number of carbonyl (C=O) groups is 8. The molecule has 5 rings (SSSR count). The Hall–Kier alpha value is -4.28. The first-order chi connectivity index (χ1) is 40.8. The molecule has 20 atom stereocenters. The van der Waals surface area contributed by atoms with Crippen LogP contribution in [0.4, 0.5) is 0 Å². The second-order valence-corrected chi connectivity index (χ2v) is 22.0. The van der Waals surface area contributed by atoms with Gasteiger partial charge in [0.1, 0.15) is 96.7 Å². The molecule has 1 saturated carbocycles. The van der Waals surface area contributed by atoms with E-state index in [4.69, 9.17) is 38.0 Å². The summed E-state index contributed by atoms with van der Waals surface area (Å²) in [5.41, 5.74) is 0. The maximum Gasteiger partial charge on any atom is 0.333 e. The van der Waals surface area contributed by atoms with Crippen LogP contribution in [-0.2, 0) is 76.4 Å². The Morgan fingerprint density at radius 2 is 1.01 bits per heavy atom. The molecule has 4 aliphatic heterocycles. The summed E-state index contributed by atoms with van der Waals surface area (Å²) in [6.45, 7) is -2.04. The molecule has 0 spiro atoms. The predicted molar refractivity (Wildman–Crippen MR) is 282 cm³/mol. The van der Waals surface area contributed by atoms with Gasteiger partial charge in [0.15, 0.2) is 18.9 Å². The lowest BCUT2D eigenvalue weighted by Crippen LogP contribution is -2.65. The normalized spacial score (nSPS) is 34.1. The van der Waals surface area contributed by atoms with Crippen LogP contribution in [-0.4, -0.2) is 306 Å². The molecule has 492 valence electrons. The number of hydroxylamine groups is 2. The molecule has 33 heteroatoms. The van der Waals surface area contributed by atoms with Gasteiger partial charge in [0.2, 0.25) is 11.8 Å². The maximum atomic E-state index is 13.2. The van der Waals surface area contributed by atoms with Gasteiger partial charge in [0.25, 0.3) is 11.8 Å². The van der Waals surface area contributed by atoms with E-state index in [1.807, 2.05) is 0 Å². The first-order valence-corrected chi connectivity index (χ1v) is 28.9. The molecule has 0 aromatic carbocycles. The van der Waals surface area contributed by atoms with Crippen LogP contribution in [0.15, 0.2) is 0 Å². The van der Waals surface area contributed by atoms with Crippen LogP contribution in [0.1, 0.15) is 96.8 Å². The number of imide groups is 1. The number of hydrogen-bond donors (Lipinski definition) is 15. The zero-order chi connectivity index (χ0) is 63.4. The Labute approximate surface area is 494 Å². The molecule has 4 saturated heterocycles. The number of hydrogen-bond acceptors (Lipinski definition) is 30. The topological polar surface area (TPSA) is 504 Å². The summed E-state index contributed by atoms with van der Waals surface area (Å²) in [5, 5.41) is 140. The molecule has 0 radical (unpaired) electrons. The minimum Gasteiger partial charge on any atom is -0.396 e. The fraction of sp³-hybridized carbons (Fsp3) is 0.849. The number of nitrogens with zero attached hydrogens (tertiary/aromatic N) is 2. The fourth-order valence-electron chi connectivity index (χ4n) is 10.2. The van der Waals surface area contributed by atoms with Gasteiger partial charge in [-0.25, -0.2) is 4.79 Å². The van der Waals surface area contributed by atoms with Gasteiger partial charge >= 0.3 is 5.97 Å². The monoisotopic (exact) mass is 1240 g/mol. The zero-order valence-electron chi connectivity index (χ0n) is 47.8. The smallest absolute Gasteiger partial charge is 0.333 e. The van der Waals surface area contributed by atoms with Crippen LogP contribution >= 0.6 is 0 Å². The number of aliphatic hydroxyl groups is 13. The third kappa shape index (κ3) is 21.5. The molecule has 0 aromatic rings. The van der Waals surface area contributed by atoms with Gasteiger partial charge in [-0.1, -0.05) is 0 Å². The molecule has 15 N–H and O–H groups in total. The Balaban J connectivity index is 1.06. The van der Waals surface area contributed by atoms with Crippen LogP contribution < -0.4 is 10.6 Å². The van der Waals surface area contributed by atoms with Crippen LogP contribution in [0, 0.1) is 5.92 Å². The van der Waals surface area contributed by atoms with E-state index in [2.05, 4.69) is 10.6 Å². The molecule has 0 bridgehead atoms. The van der Waals surface area contributed by atoms with Gasteiger partial charge in [0.05, 0.1) is 64.4 Å². The lowest BCUT2D eigenvalue weighted by Gasteiger charge is -2.46. The molecule has 86 heavy (non-hydrogen) atoms. The van der Waals surface area contributed by atoms with Gasteiger partial charge in [-0.2, -0.15) is 0 Å². The molecular formula is C53H86N4O29. The van der Waals surface area contributed by atoms with E-state index in [-0.39, 0.29) is 147 Å². The molecule has 0 unspecified atom stereocenters. The third-order valence-corrected chi connectivity index (χ3v) is 15.3. The molecule has 4 heterocycles. The van der Waals surface area contributed by atoms with Crippen molar-refractivity contribution in [1.29, 1.82) is 0 Å². The quantitative estimate of drug-likeness (QED) is 0.0205. The van der Waals surface area contributed by atoms with Crippen molar-refractivity contribution in [3.8, 4) is 0 Å². The molecule has 5 fully saturated rings. The summed E-state index contributed by atoms with van der Waals surface area (Å²) >= 11 is 0. The number of ketones is 3. The summed E-state index contributed by atoms with van der Waals surface area (Å²) in [6.07, 6.45) is -29.8. The maximum absolute atomic E-state index is 13.2. The highest BCUT2D eigenvalue weighted by molar-refractivity contribution is 6.01. The average molecular weight is 1240 g/mol. The van der Waals surface area contributed by atoms with Gasteiger partial charge in [-0.3, -0.25) is 38.5 Å². The number of aliphatic hydroxyl groups excluding tert-OH is 13. The van der Waals surface area contributed by atoms with E-state index >= 15 is 0 Å². The summed E-state index contributed by atoms with van der Waals surface area (Å²) in [7, 11) is 0. The minimum absolute atomic E-state index is 0.00942. The first-order valence-electron chi connectivity index (χ1n) is 28.9. The van der Waals surface area contributed by atoms with E-state index in [1.165, 1.54) is 11.8 Å². The van der Waals surface area contributed by atoms with E-state index in [9.17, 15) is 105 Å². The van der Waals surface area contributed by atoms with Crippen molar-refractivity contribution in [2.45, 2.75) is 213 Å². The summed E-state index contributed by atoms with van der Waals surface area (Å²) in [4.78, 5) is 107. The highest BCUT2D eigenvalue weighted by Crippen LogP contribution is 2.32. The minimum atomic E-state index is -1.95. The van der Waals surface area contributed by atoms with Crippen molar-refractivity contribution in [3.63, 3.8) is 0 Å². The van der Waals surface area contributed by atoms with Crippen molar-refractivity contribution < 1.29 is 143 Å². The standard InChI is InChI=1S/C53H86N4O29/c1-26-39(68)44(73)47(76)51(82-26)79-17-15-54-34(63)10-4-2-7-28(60)20-56(22-30(62)9-6-12-38(67)86-57-36(65)13-14-37(57)66)21-29(61)8-3-5-11-35(64)55-16-18-80-52-49(78)50(85-53-48(77)46(75)42(71)32(24-59)83-53)43(72)33(84-52)25-81-31-19-27(23-58)40(69)45(74)41(31)70/h26-27,31-33,39-53,58-59,68-78H,2-25H2,1H3,(H,54,63)(H,55,64)/t26-,27+,31-,32+,33+,39+,40+,41+,42+,43+,44+,45-,46-,47-,48-,49-,50-,51+,52-,53+/m0/s1. The molecular weight excluding hydrogens is 1160 g/mol. The van der Waals surface area contributed by atoms with Crippen LogP contribution in [0.5, 0.6) is 0 Å². The summed E-state index contributed by atoms with van der Waals surface area (Å²) in [5.74, 6) is -5.13. The molecule has 4 amide bonds. The Morgan fingerprint density at radius 3 is 1.56 bits per heavy atom. The zero-order valence-corrected chi connectivity index (χ0v) is 47.8. The van der Waals surface area contributed by atoms with Gasteiger partial charge in [-0.15, -0.1) is 5.06 Å². The third-order valence-electron chi connectivity index (χ3n) is 15.3. The number of Topliss-reactive ketones (excluding diaryl/α,β-unsaturated/α-hetero) is 3. The Morgan fingerprint density at radius 1 is 0.523 bits per heavy atom. The number of unbranched alkanes of at least 4 members (excludes halogenated alkanes) is 2. The van der Waals surface area contributed by atoms with Crippen LogP contribution in [0.3, 0.4) is 0 Å². The second-order valence-electron chi connectivity index (χ2n) is 22.0. The lowest BCUT2D eigenvalue weighted by molar-refractivity contribution is -0.361. The fourth-order valence-corrected chi connectivity index (χ4v) is 10.2. The van der Waals surface area contributed by atoms with Crippen molar-refractivity contribution in [3.05, 3.63) is 0 Å². The SMILES string of the molecule is C[C@@H]1O[C@@H](OCCNC(=O)CCCCC(=O)CN(CC(=O)CCCCC(=O)NCCO[C@H]2O[C@H](CO[C@H]3C[C@H](CO)[C@@H](O)[C@H](O)[C@@H]3O)[C@@H](O)[C@H](O[C@H]3O[C@H](CO)[C@@H](O)[C@H](O)[C@@H]3O)[C@@H]2O)CC(=O)CCCC(=O)ON2C(=O)CCC2=O)[C@@H](O)[C@H](O)[C@@H]1O. The Bertz CT molecular complexity index is 2180. The van der Waals surface area contributed by atoms with Crippen molar-refractivity contribution in [2.75, 3.05) is 65.8 Å². The van der Waals surface area contributed by atoms with E-state index in [0.717, 1.165) is 0 Å².